The highest BCUT2D eigenvalue weighted by Crippen LogP contribution is 2.34. The lowest BCUT2D eigenvalue weighted by Crippen LogP contribution is -2.30. The minimum atomic E-state index is -0.533. The molecular weight excluding hydrogens is 670 g/mol. The van der Waals surface area contributed by atoms with Gasteiger partial charge in [-0.1, -0.05) is 46.3 Å². The molecule has 0 fully saturated rings. The Labute approximate surface area is 277 Å². The van der Waals surface area contributed by atoms with Gasteiger partial charge in [0.25, 0.3) is 11.8 Å². The van der Waals surface area contributed by atoms with Crippen LogP contribution >= 0.6 is 27.7 Å². The lowest BCUT2D eigenvalue weighted by molar-refractivity contribution is -0.114. The molecule has 0 saturated heterocycles. The van der Waals surface area contributed by atoms with Crippen LogP contribution in [0.1, 0.15) is 16.1 Å². The number of anilines is 2. The summed E-state index contributed by atoms with van der Waals surface area (Å²) in [5.41, 5.74) is 2.40. The molecule has 11 heteroatoms. The number of furan rings is 1. The first kappa shape index (κ1) is 30.8. The molecule has 3 N–H and O–H groups in total. The number of hydrogen-bond acceptors (Lipinski definition) is 7. The van der Waals surface area contributed by atoms with E-state index in [0.29, 0.717) is 40.0 Å². The Hall–Kier alpha value is -5.26. The van der Waals surface area contributed by atoms with E-state index in [1.807, 2.05) is 24.3 Å². The van der Waals surface area contributed by atoms with Gasteiger partial charge in [-0.3, -0.25) is 14.4 Å². The van der Waals surface area contributed by atoms with E-state index in [4.69, 9.17) is 13.9 Å². The lowest BCUT2D eigenvalue weighted by Gasteiger charge is -2.11. The number of ether oxygens (including phenoxy) is 2. The first-order chi connectivity index (χ1) is 22.4. The Bertz CT molecular complexity index is 1910. The monoisotopic (exact) mass is 695 g/mol. The molecule has 46 heavy (non-hydrogen) atoms. The second-order valence-corrected chi connectivity index (χ2v) is 11.9. The topological polar surface area (TPSA) is 119 Å². The van der Waals surface area contributed by atoms with E-state index in [1.165, 1.54) is 17.8 Å². The fourth-order valence-electron chi connectivity index (χ4n) is 4.44. The van der Waals surface area contributed by atoms with Crippen molar-refractivity contribution >= 4 is 62.9 Å². The first-order valence-electron chi connectivity index (χ1n) is 14.1. The number of benzene rings is 4. The van der Waals surface area contributed by atoms with Crippen molar-refractivity contribution < 1.29 is 28.3 Å². The van der Waals surface area contributed by atoms with Gasteiger partial charge < -0.3 is 29.8 Å². The summed E-state index contributed by atoms with van der Waals surface area (Å²) in [6.07, 6.45) is 1.49. The molecule has 2 heterocycles. The maximum atomic E-state index is 13.4. The minimum absolute atomic E-state index is 0.00389. The highest BCUT2D eigenvalue weighted by Gasteiger charge is 2.17. The van der Waals surface area contributed by atoms with Crippen LogP contribution in [0, 0.1) is 0 Å². The number of amides is 3. The Morgan fingerprint density at radius 1 is 0.783 bits per heavy atom. The van der Waals surface area contributed by atoms with Gasteiger partial charge in [0, 0.05) is 44.0 Å². The van der Waals surface area contributed by atoms with Crippen molar-refractivity contribution in [2.45, 2.75) is 4.90 Å². The van der Waals surface area contributed by atoms with Crippen molar-refractivity contribution in [2.75, 3.05) is 23.2 Å². The molecule has 0 bridgehead atoms. The molecule has 0 atom stereocenters. The van der Waals surface area contributed by atoms with Crippen LogP contribution < -0.4 is 25.4 Å². The molecule has 6 rings (SSSR count). The zero-order valence-corrected chi connectivity index (χ0v) is 26.5. The summed E-state index contributed by atoms with van der Waals surface area (Å²) in [5, 5.41) is 8.40. The predicted molar refractivity (Wildman–Crippen MR) is 181 cm³/mol. The van der Waals surface area contributed by atoms with Crippen molar-refractivity contribution in [1.29, 1.82) is 0 Å². The van der Waals surface area contributed by atoms with E-state index in [0.717, 1.165) is 14.9 Å². The molecule has 3 amide bonds. The highest BCUT2D eigenvalue weighted by molar-refractivity contribution is 9.10. The van der Waals surface area contributed by atoms with Gasteiger partial charge in [0.2, 0.25) is 12.7 Å². The van der Waals surface area contributed by atoms with Gasteiger partial charge in [-0.2, -0.15) is 0 Å². The third kappa shape index (κ3) is 7.87. The van der Waals surface area contributed by atoms with Crippen LogP contribution in [0.3, 0.4) is 0 Å². The highest BCUT2D eigenvalue weighted by atomic mass is 79.9. The second kappa shape index (κ2) is 14.2. The molecular formula is C35H26BrN3O6S. The van der Waals surface area contributed by atoms with Crippen molar-refractivity contribution in [2.24, 2.45) is 0 Å². The number of hydrogen-bond donors (Lipinski definition) is 3. The molecule has 0 aliphatic carbocycles. The molecule has 0 radical (unpaired) electrons. The van der Waals surface area contributed by atoms with E-state index < -0.39 is 11.8 Å². The molecule has 4 aromatic carbocycles. The van der Waals surface area contributed by atoms with E-state index >= 15 is 0 Å². The van der Waals surface area contributed by atoms with Gasteiger partial charge in [-0.25, -0.2) is 0 Å². The average Bonchev–Trinajstić information content (AvgIpc) is 3.74. The smallest absolute Gasteiger partial charge is 0.272 e. The fourth-order valence-corrected chi connectivity index (χ4v) is 5.40. The van der Waals surface area contributed by atoms with Crippen LogP contribution in [-0.4, -0.2) is 30.3 Å². The largest absolute Gasteiger partial charge is 0.457 e. The SMILES string of the molecule is O=C(CSc1ccc(NC(=O)C(=Cc2ccc(-c3ccc(Br)cc3)o2)NC(=O)c2ccccc2)cc1)Nc1ccc2c(c1)OCO2. The molecule has 0 unspecified atom stereocenters. The summed E-state index contributed by atoms with van der Waals surface area (Å²) in [7, 11) is 0. The van der Waals surface area contributed by atoms with Crippen LogP contribution in [0.5, 0.6) is 11.5 Å². The van der Waals surface area contributed by atoms with E-state index in [-0.39, 0.29) is 24.2 Å². The number of thioether (sulfide) groups is 1. The number of halogens is 1. The van der Waals surface area contributed by atoms with Crippen molar-refractivity contribution in [1.82, 2.24) is 5.32 Å². The zero-order valence-electron chi connectivity index (χ0n) is 24.1. The average molecular weight is 697 g/mol. The maximum Gasteiger partial charge on any atom is 0.272 e. The number of carbonyl (C=O) groups is 3. The third-order valence-corrected chi connectivity index (χ3v) is 8.25. The summed E-state index contributed by atoms with van der Waals surface area (Å²) in [5.74, 6) is 1.29. The fraction of sp³-hybridized carbons (Fsp3) is 0.0571. The molecule has 5 aromatic rings. The summed E-state index contributed by atoms with van der Waals surface area (Å²) in [6, 6.07) is 32.1. The normalized spacial score (nSPS) is 12.0. The maximum absolute atomic E-state index is 13.4. The molecule has 1 aliphatic rings. The predicted octanol–water partition coefficient (Wildman–Crippen LogP) is 7.58. The van der Waals surface area contributed by atoms with Gasteiger partial charge in [0.05, 0.1) is 5.75 Å². The van der Waals surface area contributed by atoms with Crippen LogP contribution in [0.2, 0.25) is 0 Å². The van der Waals surface area contributed by atoms with Crippen molar-refractivity contribution in [3.05, 3.63) is 131 Å². The van der Waals surface area contributed by atoms with Crippen molar-refractivity contribution in [3.63, 3.8) is 0 Å². The van der Waals surface area contributed by atoms with Gasteiger partial charge >= 0.3 is 0 Å². The van der Waals surface area contributed by atoms with Crippen LogP contribution in [0.4, 0.5) is 11.4 Å². The third-order valence-electron chi connectivity index (χ3n) is 6.71. The molecule has 0 spiro atoms. The number of nitrogens with one attached hydrogen (secondary N) is 3. The van der Waals surface area contributed by atoms with Gasteiger partial charge in [0.1, 0.15) is 17.2 Å². The molecule has 1 aromatic heterocycles. The molecule has 1 aliphatic heterocycles. The van der Waals surface area contributed by atoms with E-state index in [9.17, 15) is 14.4 Å². The number of rotatable bonds is 10. The standard InChI is InChI=1S/C35H26BrN3O6S/c36-24-8-6-22(7-9-24)30-17-13-27(45-30)19-29(39-34(41)23-4-2-1-3-5-23)35(42)38-25-10-14-28(15-11-25)46-20-33(40)37-26-12-16-31-32(18-26)44-21-43-31/h1-19H,20-21H2,(H,37,40)(H,38,42)(H,39,41). The van der Waals surface area contributed by atoms with E-state index in [1.54, 1.807) is 84.9 Å². The Kier molecular flexibility index (Phi) is 9.51. The van der Waals surface area contributed by atoms with Crippen molar-refractivity contribution in [3.8, 4) is 22.8 Å². The molecule has 230 valence electrons. The lowest BCUT2D eigenvalue weighted by atomic mass is 10.2. The summed E-state index contributed by atoms with van der Waals surface area (Å²) < 4.78 is 17.6. The number of carbonyl (C=O) groups excluding carboxylic acids is 3. The quantitative estimate of drug-likeness (QED) is 0.102. The van der Waals surface area contributed by atoms with Crippen LogP contribution in [0.15, 0.2) is 129 Å². The molecule has 9 nitrogen and oxygen atoms in total. The summed E-state index contributed by atoms with van der Waals surface area (Å²) in [6.45, 7) is 0.164. The first-order valence-corrected chi connectivity index (χ1v) is 15.8. The van der Waals surface area contributed by atoms with Crippen LogP contribution in [-0.2, 0) is 9.59 Å². The Morgan fingerprint density at radius 2 is 1.52 bits per heavy atom. The van der Waals surface area contributed by atoms with Gasteiger partial charge in [-0.05, 0) is 72.8 Å². The number of fused-ring (bicyclic) bond motifs is 1. The van der Waals surface area contributed by atoms with Crippen LogP contribution in [0.25, 0.3) is 17.4 Å². The van der Waals surface area contributed by atoms with Gasteiger partial charge in [0.15, 0.2) is 11.5 Å². The summed E-state index contributed by atoms with van der Waals surface area (Å²) in [4.78, 5) is 39.7. The molecule has 0 saturated carbocycles. The summed E-state index contributed by atoms with van der Waals surface area (Å²) >= 11 is 4.78. The minimum Gasteiger partial charge on any atom is -0.457 e. The van der Waals surface area contributed by atoms with Gasteiger partial charge in [-0.15, -0.1) is 11.8 Å². The second-order valence-electron chi connectivity index (χ2n) is 9.97. The zero-order chi connectivity index (χ0) is 31.9. The van der Waals surface area contributed by atoms with E-state index in [2.05, 4.69) is 31.9 Å². The Balaban J connectivity index is 1.11. The Morgan fingerprint density at radius 3 is 2.30 bits per heavy atom.